The van der Waals surface area contributed by atoms with Crippen LogP contribution in [0, 0.1) is 17.2 Å². The minimum atomic E-state index is 0.712. The molecule has 2 unspecified atom stereocenters. The van der Waals surface area contributed by atoms with Crippen molar-refractivity contribution in [3.05, 3.63) is 65.2 Å². The van der Waals surface area contributed by atoms with Gasteiger partial charge in [0.05, 0.1) is 11.6 Å². The number of nitriles is 1. The molecule has 126 valence electrons. The summed E-state index contributed by atoms with van der Waals surface area (Å²) in [5.41, 5.74) is 5.87. The molecule has 0 spiro atoms. The molecule has 25 heavy (non-hydrogen) atoms. The molecule has 2 aromatic rings. The number of rotatable bonds is 2. The van der Waals surface area contributed by atoms with Gasteiger partial charge in [0.2, 0.25) is 0 Å². The zero-order valence-corrected chi connectivity index (χ0v) is 14.8. The average Bonchev–Trinajstić information content (AvgIpc) is 3.06. The largest absolute Gasteiger partial charge is 0.303 e. The van der Waals surface area contributed by atoms with Crippen molar-refractivity contribution >= 4 is 6.08 Å². The molecule has 1 saturated carbocycles. The van der Waals surface area contributed by atoms with Crippen LogP contribution in [-0.4, -0.2) is 24.5 Å². The van der Waals surface area contributed by atoms with Gasteiger partial charge in [-0.2, -0.15) is 5.26 Å². The van der Waals surface area contributed by atoms with E-state index in [4.69, 9.17) is 5.26 Å². The molecule has 2 fully saturated rings. The summed E-state index contributed by atoms with van der Waals surface area (Å²) in [5.74, 6) is 0.848. The first kappa shape index (κ1) is 16.1. The Morgan fingerprint density at radius 1 is 1.08 bits per heavy atom. The lowest BCUT2D eigenvalue weighted by Gasteiger charge is -2.34. The van der Waals surface area contributed by atoms with Crippen LogP contribution < -0.4 is 0 Å². The van der Waals surface area contributed by atoms with Crippen LogP contribution in [-0.2, 0) is 0 Å². The third kappa shape index (κ3) is 3.38. The number of benzene rings is 2. The maximum atomic E-state index is 9.11. The topological polar surface area (TPSA) is 27.0 Å². The zero-order chi connectivity index (χ0) is 17.2. The number of nitrogens with zero attached hydrogens (tertiary/aromatic N) is 2. The predicted octanol–water partition coefficient (Wildman–Crippen LogP) is 5.11. The van der Waals surface area contributed by atoms with Crippen LogP contribution >= 0.6 is 0 Å². The van der Waals surface area contributed by atoms with Gasteiger partial charge in [0, 0.05) is 6.04 Å². The van der Waals surface area contributed by atoms with Gasteiger partial charge in [-0.25, -0.2) is 0 Å². The standard InChI is InChI=1S/C23H24N2/c1-25-10-4-9-22-14-19(15-23(22)25)11-17-5-2-7-20(12-17)21-8-3-6-18(13-21)16-24/h2-3,5-8,11-13,22-23H,4,9-10,14-15H2,1H3/b19-11-. The number of hydrogen-bond donors (Lipinski definition) is 0. The number of hydrogen-bond acceptors (Lipinski definition) is 2. The monoisotopic (exact) mass is 328 g/mol. The second-order valence-corrected chi connectivity index (χ2v) is 7.48. The second-order valence-electron chi connectivity index (χ2n) is 7.48. The summed E-state index contributed by atoms with van der Waals surface area (Å²) in [6, 6.07) is 19.5. The lowest BCUT2D eigenvalue weighted by atomic mass is 9.92. The van der Waals surface area contributed by atoms with Crippen LogP contribution in [0.4, 0.5) is 0 Å². The van der Waals surface area contributed by atoms with E-state index in [2.05, 4.69) is 54.4 Å². The van der Waals surface area contributed by atoms with Gasteiger partial charge >= 0.3 is 0 Å². The summed E-state index contributed by atoms with van der Waals surface area (Å²) in [6.07, 6.45) is 7.59. The molecule has 2 nitrogen and oxygen atoms in total. The molecule has 0 amide bonds. The highest BCUT2D eigenvalue weighted by atomic mass is 15.1. The van der Waals surface area contributed by atoms with Crippen molar-refractivity contribution in [1.82, 2.24) is 4.90 Å². The Hall–Kier alpha value is -2.37. The molecule has 0 N–H and O–H groups in total. The van der Waals surface area contributed by atoms with Gasteiger partial charge in [-0.1, -0.05) is 42.0 Å². The molecule has 2 aliphatic rings. The molecule has 0 radical (unpaired) electrons. The third-order valence-electron chi connectivity index (χ3n) is 5.77. The van der Waals surface area contributed by atoms with Crippen molar-refractivity contribution < 1.29 is 0 Å². The number of fused-ring (bicyclic) bond motifs is 1. The van der Waals surface area contributed by atoms with Gasteiger partial charge in [-0.15, -0.1) is 0 Å². The van der Waals surface area contributed by atoms with E-state index in [9.17, 15) is 0 Å². The van der Waals surface area contributed by atoms with Gasteiger partial charge in [0.15, 0.2) is 0 Å². The van der Waals surface area contributed by atoms with Crippen molar-refractivity contribution in [2.75, 3.05) is 13.6 Å². The molecule has 1 saturated heterocycles. The van der Waals surface area contributed by atoms with E-state index in [1.807, 2.05) is 18.2 Å². The fourth-order valence-electron chi connectivity index (χ4n) is 4.50. The minimum Gasteiger partial charge on any atom is -0.303 e. The van der Waals surface area contributed by atoms with Gasteiger partial charge in [0.25, 0.3) is 0 Å². The highest BCUT2D eigenvalue weighted by molar-refractivity contribution is 5.69. The summed E-state index contributed by atoms with van der Waals surface area (Å²) in [6.45, 7) is 1.25. The van der Waals surface area contributed by atoms with Gasteiger partial charge in [-0.05, 0) is 80.1 Å². The molecule has 1 heterocycles. The Balaban J connectivity index is 1.59. The molecule has 2 aromatic carbocycles. The molecule has 2 heteroatoms. The van der Waals surface area contributed by atoms with Gasteiger partial charge < -0.3 is 4.90 Å². The first-order valence-corrected chi connectivity index (χ1v) is 9.23. The van der Waals surface area contributed by atoms with Gasteiger partial charge in [0.1, 0.15) is 0 Å². The summed E-state index contributed by atoms with van der Waals surface area (Å²) in [5, 5.41) is 9.11. The van der Waals surface area contributed by atoms with E-state index in [0.29, 0.717) is 5.56 Å². The summed E-state index contributed by atoms with van der Waals surface area (Å²) in [4.78, 5) is 2.55. The molecule has 2 atom stereocenters. The smallest absolute Gasteiger partial charge is 0.0991 e. The van der Waals surface area contributed by atoms with Crippen molar-refractivity contribution in [1.29, 1.82) is 5.26 Å². The van der Waals surface area contributed by atoms with Gasteiger partial charge in [-0.3, -0.25) is 0 Å². The van der Waals surface area contributed by atoms with E-state index in [0.717, 1.165) is 17.5 Å². The van der Waals surface area contributed by atoms with Crippen LogP contribution in [0.15, 0.2) is 54.1 Å². The van der Waals surface area contributed by atoms with Crippen LogP contribution in [0.25, 0.3) is 17.2 Å². The lowest BCUT2D eigenvalue weighted by molar-refractivity contribution is 0.145. The number of piperidine rings is 1. The zero-order valence-electron chi connectivity index (χ0n) is 14.8. The molecular weight excluding hydrogens is 304 g/mol. The summed E-state index contributed by atoms with van der Waals surface area (Å²) in [7, 11) is 2.28. The summed E-state index contributed by atoms with van der Waals surface area (Å²) >= 11 is 0. The maximum Gasteiger partial charge on any atom is 0.0991 e. The van der Waals surface area contributed by atoms with E-state index in [1.54, 1.807) is 5.57 Å². The normalized spacial score (nSPS) is 24.9. The Bertz CT molecular complexity index is 843. The van der Waals surface area contributed by atoms with Crippen LogP contribution in [0.5, 0.6) is 0 Å². The summed E-state index contributed by atoms with van der Waals surface area (Å²) < 4.78 is 0. The first-order valence-electron chi connectivity index (χ1n) is 9.23. The van der Waals surface area contributed by atoms with Crippen LogP contribution in [0.2, 0.25) is 0 Å². The SMILES string of the molecule is CN1CCCC2C/C(=C/c3cccc(-c4cccc(C#N)c4)c3)CC21. The predicted molar refractivity (Wildman–Crippen MR) is 103 cm³/mol. The molecule has 1 aliphatic heterocycles. The Morgan fingerprint density at radius 3 is 2.68 bits per heavy atom. The Morgan fingerprint density at radius 2 is 1.88 bits per heavy atom. The fourth-order valence-corrected chi connectivity index (χ4v) is 4.50. The Kier molecular flexibility index (Phi) is 4.42. The van der Waals surface area contributed by atoms with Crippen molar-refractivity contribution in [2.24, 2.45) is 5.92 Å². The molecular formula is C23H24N2. The van der Waals surface area contributed by atoms with E-state index in [-0.39, 0.29) is 0 Å². The molecule has 1 aliphatic carbocycles. The van der Waals surface area contributed by atoms with Crippen LogP contribution in [0.1, 0.15) is 36.8 Å². The quantitative estimate of drug-likeness (QED) is 0.765. The Labute approximate surface area is 150 Å². The fraction of sp³-hybridized carbons (Fsp3) is 0.348. The van der Waals surface area contributed by atoms with E-state index < -0.39 is 0 Å². The van der Waals surface area contributed by atoms with Crippen molar-refractivity contribution in [3.63, 3.8) is 0 Å². The van der Waals surface area contributed by atoms with Crippen molar-refractivity contribution in [3.8, 4) is 17.2 Å². The average molecular weight is 328 g/mol. The minimum absolute atomic E-state index is 0.712. The maximum absolute atomic E-state index is 9.11. The molecule has 4 rings (SSSR count). The number of likely N-dealkylation sites (tertiary alicyclic amines) is 1. The molecule has 0 aromatic heterocycles. The second kappa shape index (κ2) is 6.86. The highest BCUT2D eigenvalue weighted by Crippen LogP contribution is 2.40. The van der Waals surface area contributed by atoms with E-state index in [1.165, 1.54) is 43.4 Å². The lowest BCUT2D eigenvalue weighted by Crippen LogP contribution is -2.39. The first-order chi connectivity index (χ1) is 12.2. The third-order valence-corrected chi connectivity index (χ3v) is 5.77. The molecule has 0 bridgehead atoms. The van der Waals surface area contributed by atoms with Crippen molar-refractivity contribution in [2.45, 2.75) is 31.7 Å². The highest BCUT2D eigenvalue weighted by Gasteiger charge is 2.35. The van der Waals surface area contributed by atoms with Crippen LogP contribution in [0.3, 0.4) is 0 Å². The van der Waals surface area contributed by atoms with E-state index >= 15 is 0 Å².